The first-order valence-corrected chi connectivity index (χ1v) is 5.39. The molecular weight excluding hydrogens is 215 g/mol. The minimum Gasteiger partial charge on any atom is -0.226 e. The molecule has 1 heterocycles. The van der Waals surface area contributed by atoms with Gasteiger partial charge in [-0.2, -0.15) is 11.8 Å². The molecule has 1 aromatic rings. The SMILES string of the molecule is CCSCc1cnc(Cl)nc1Cl. The van der Waals surface area contributed by atoms with Crippen molar-refractivity contribution in [1.82, 2.24) is 9.97 Å². The van der Waals surface area contributed by atoms with Gasteiger partial charge in [-0.15, -0.1) is 0 Å². The van der Waals surface area contributed by atoms with E-state index in [4.69, 9.17) is 23.2 Å². The molecule has 0 unspecified atom stereocenters. The number of thioether (sulfide) groups is 1. The van der Waals surface area contributed by atoms with Gasteiger partial charge in [0.2, 0.25) is 5.28 Å². The Labute approximate surface area is 85.7 Å². The largest absolute Gasteiger partial charge is 0.226 e. The summed E-state index contributed by atoms with van der Waals surface area (Å²) in [6.07, 6.45) is 1.67. The molecule has 0 aliphatic carbocycles. The molecule has 0 saturated carbocycles. The predicted octanol–water partition coefficient (Wildman–Crippen LogP) is 3.04. The van der Waals surface area contributed by atoms with E-state index < -0.39 is 0 Å². The first-order valence-electron chi connectivity index (χ1n) is 3.48. The number of hydrogen-bond donors (Lipinski definition) is 0. The molecule has 1 aromatic heterocycles. The average molecular weight is 223 g/mol. The van der Waals surface area contributed by atoms with E-state index in [-0.39, 0.29) is 5.28 Å². The van der Waals surface area contributed by atoms with Crippen LogP contribution in [0.3, 0.4) is 0 Å². The third-order valence-electron chi connectivity index (χ3n) is 1.24. The fourth-order valence-corrected chi connectivity index (χ4v) is 1.76. The van der Waals surface area contributed by atoms with Crippen LogP contribution in [0.1, 0.15) is 12.5 Å². The van der Waals surface area contributed by atoms with Crippen molar-refractivity contribution in [2.24, 2.45) is 0 Å². The minimum absolute atomic E-state index is 0.199. The van der Waals surface area contributed by atoms with E-state index in [1.54, 1.807) is 18.0 Å². The van der Waals surface area contributed by atoms with E-state index in [9.17, 15) is 0 Å². The van der Waals surface area contributed by atoms with Gasteiger partial charge in [0.25, 0.3) is 0 Å². The Hall–Kier alpha value is 0.01000. The lowest BCUT2D eigenvalue weighted by atomic mass is 10.4. The molecule has 2 nitrogen and oxygen atoms in total. The fourth-order valence-electron chi connectivity index (χ4n) is 0.675. The molecule has 0 fully saturated rings. The van der Waals surface area contributed by atoms with Crippen molar-refractivity contribution < 1.29 is 0 Å². The first-order chi connectivity index (χ1) is 5.74. The highest BCUT2D eigenvalue weighted by atomic mass is 35.5. The van der Waals surface area contributed by atoms with E-state index in [0.29, 0.717) is 5.15 Å². The van der Waals surface area contributed by atoms with Gasteiger partial charge in [0.15, 0.2) is 0 Å². The predicted molar refractivity (Wildman–Crippen MR) is 53.9 cm³/mol. The second kappa shape index (κ2) is 4.90. The zero-order valence-electron chi connectivity index (χ0n) is 6.55. The van der Waals surface area contributed by atoms with Crippen molar-refractivity contribution >= 4 is 35.0 Å². The minimum atomic E-state index is 0.199. The molecule has 0 spiro atoms. The van der Waals surface area contributed by atoms with E-state index >= 15 is 0 Å². The normalized spacial score (nSPS) is 10.2. The van der Waals surface area contributed by atoms with Gasteiger partial charge in [0, 0.05) is 17.5 Å². The van der Waals surface area contributed by atoms with Crippen molar-refractivity contribution in [2.45, 2.75) is 12.7 Å². The Morgan fingerprint density at radius 1 is 1.50 bits per heavy atom. The van der Waals surface area contributed by atoms with E-state index in [2.05, 4.69) is 16.9 Å². The third kappa shape index (κ3) is 2.81. The van der Waals surface area contributed by atoms with Gasteiger partial charge in [0.05, 0.1) is 0 Å². The average Bonchev–Trinajstić information content (AvgIpc) is 2.03. The van der Waals surface area contributed by atoms with E-state index in [1.807, 2.05) is 0 Å². The maximum Gasteiger partial charge on any atom is 0.223 e. The van der Waals surface area contributed by atoms with Crippen molar-refractivity contribution in [3.63, 3.8) is 0 Å². The number of hydrogen-bond acceptors (Lipinski definition) is 3. The fraction of sp³-hybridized carbons (Fsp3) is 0.429. The molecule has 0 amide bonds. The van der Waals surface area contributed by atoms with E-state index in [0.717, 1.165) is 17.1 Å². The summed E-state index contributed by atoms with van der Waals surface area (Å²) in [7, 11) is 0. The highest BCUT2D eigenvalue weighted by Gasteiger charge is 2.02. The molecule has 0 N–H and O–H groups in total. The van der Waals surface area contributed by atoms with Crippen molar-refractivity contribution in [2.75, 3.05) is 5.75 Å². The summed E-state index contributed by atoms with van der Waals surface area (Å²) in [6, 6.07) is 0. The Kier molecular flexibility index (Phi) is 4.12. The zero-order chi connectivity index (χ0) is 8.97. The van der Waals surface area contributed by atoms with Crippen LogP contribution in [0.4, 0.5) is 0 Å². The molecule has 0 aliphatic heterocycles. The number of nitrogens with zero attached hydrogens (tertiary/aromatic N) is 2. The van der Waals surface area contributed by atoms with Crippen molar-refractivity contribution in [1.29, 1.82) is 0 Å². The van der Waals surface area contributed by atoms with Gasteiger partial charge in [-0.05, 0) is 17.4 Å². The van der Waals surface area contributed by atoms with Crippen LogP contribution >= 0.6 is 35.0 Å². The molecular formula is C7H8Cl2N2S. The maximum absolute atomic E-state index is 5.82. The summed E-state index contributed by atoms with van der Waals surface area (Å²) in [6.45, 7) is 2.09. The summed E-state index contributed by atoms with van der Waals surface area (Å²) in [5, 5.41) is 0.654. The van der Waals surface area contributed by atoms with Crippen LogP contribution in [0.5, 0.6) is 0 Å². The lowest BCUT2D eigenvalue weighted by molar-refractivity contribution is 1.12. The molecule has 66 valence electrons. The van der Waals surface area contributed by atoms with Crippen LogP contribution in [0.15, 0.2) is 6.20 Å². The summed E-state index contributed by atoms with van der Waals surface area (Å²) >= 11 is 13.1. The number of rotatable bonds is 3. The Morgan fingerprint density at radius 2 is 2.25 bits per heavy atom. The highest BCUT2D eigenvalue weighted by molar-refractivity contribution is 7.98. The molecule has 0 aliphatic rings. The molecule has 0 atom stereocenters. The van der Waals surface area contributed by atoms with Crippen LogP contribution in [-0.4, -0.2) is 15.7 Å². The van der Waals surface area contributed by atoms with Gasteiger partial charge in [-0.1, -0.05) is 18.5 Å². The molecule has 0 saturated heterocycles. The topological polar surface area (TPSA) is 25.8 Å². The van der Waals surface area contributed by atoms with Gasteiger partial charge in [0.1, 0.15) is 5.15 Å². The van der Waals surface area contributed by atoms with Gasteiger partial charge >= 0.3 is 0 Å². The van der Waals surface area contributed by atoms with Gasteiger partial charge in [-0.3, -0.25) is 0 Å². The lowest BCUT2D eigenvalue weighted by Crippen LogP contribution is -1.90. The van der Waals surface area contributed by atoms with Crippen LogP contribution in [-0.2, 0) is 5.75 Å². The van der Waals surface area contributed by atoms with Crippen molar-refractivity contribution in [3.8, 4) is 0 Å². The molecule has 0 radical (unpaired) electrons. The van der Waals surface area contributed by atoms with Crippen LogP contribution in [0.25, 0.3) is 0 Å². The first kappa shape index (κ1) is 10.1. The van der Waals surface area contributed by atoms with Crippen LogP contribution in [0, 0.1) is 0 Å². The van der Waals surface area contributed by atoms with E-state index in [1.165, 1.54) is 0 Å². The zero-order valence-corrected chi connectivity index (χ0v) is 8.88. The summed E-state index contributed by atoms with van der Waals surface area (Å²) in [4.78, 5) is 7.68. The second-order valence-electron chi connectivity index (χ2n) is 2.09. The third-order valence-corrected chi connectivity index (χ3v) is 2.68. The number of halogens is 2. The molecule has 1 rings (SSSR count). The highest BCUT2D eigenvalue weighted by Crippen LogP contribution is 2.19. The van der Waals surface area contributed by atoms with Crippen LogP contribution in [0.2, 0.25) is 10.4 Å². The summed E-state index contributed by atoms with van der Waals surface area (Å²) < 4.78 is 0. The molecule has 5 heteroatoms. The van der Waals surface area contributed by atoms with Gasteiger partial charge < -0.3 is 0 Å². The number of aromatic nitrogens is 2. The molecule has 0 aromatic carbocycles. The molecule has 0 bridgehead atoms. The van der Waals surface area contributed by atoms with Crippen molar-refractivity contribution in [3.05, 3.63) is 22.2 Å². The Balaban J connectivity index is 2.72. The van der Waals surface area contributed by atoms with Crippen LogP contribution < -0.4 is 0 Å². The quantitative estimate of drug-likeness (QED) is 0.581. The Morgan fingerprint density at radius 3 is 2.83 bits per heavy atom. The summed E-state index contributed by atoms with van der Waals surface area (Å²) in [5.41, 5.74) is 0.938. The Bertz CT molecular complexity index is 268. The summed E-state index contributed by atoms with van der Waals surface area (Å²) in [5.74, 6) is 1.89. The molecule has 12 heavy (non-hydrogen) atoms. The standard InChI is InChI=1S/C7H8Cl2N2S/c1-2-12-4-5-3-10-7(9)11-6(5)8/h3H,2,4H2,1H3. The maximum atomic E-state index is 5.82. The second-order valence-corrected chi connectivity index (χ2v) is 4.06. The smallest absolute Gasteiger partial charge is 0.223 e. The lowest BCUT2D eigenvalue weighted by Gasteiger charge is -2.00. The van der Waals surface area contributed by atoms with Gasteiger partial charge in [-0.25, -0.2) is 9.97 Å². The monoisotopic (exact) mass is 222 g/mol.